The molecule has 0 saturated carbocycles. The molecule has 0 unspecified atom stereocenters. The Morgan fingerprint density at radius 2 is 2.14 bits per heavy atom. The van der Waals surface area contributed by atoms with Crippen LogP contribution in [-0.4, -0.2) is 17.6 Å². The van der Waals surface area contributed by atoms with Gasteiger partial charge in [-0.05, 0) is 38.5 Å². The zero-order chi connectivity index (χ0) is 10.6. The Morgan fingerprint density at radius 1 is 1.43 bits per heavy atom. The summed E-state index contributed by atoms with van der Waals surface area (Å²) in [5, 5.41) is 3.00. The zero-order valence-electron chi connectivity index (χ0n) is 9.29. The Kier molecular flexibility index (Phi) is 3.47. The first-order valence-corrected chi connectivity index (χ1v) is 4.78. The number of nitrogens with one attached hydrogen (secondary N) is 1. The van der Waals surface area contributed by atoms with E-state index in [4.69, 9.17) is 4.74 Å². The quantitative estimate of drug-likeness (QED) is 0.802. The van der Waals surface area contributed by atoms with E-state index in [1.807, 2.05) is 40.0 Å². The van der Waals surface area contributed by atoms with E-state index in [9.17, 15) is 0 Å². The summed E-state index contributed by atoms with van der Waals surface area (Å²) in [6.45, 7) is 6.77. The molecule has 1 N–H and O–H groups in total. The summed E-state index contributed by atoms with van der Waals surface area (Å²) in [4.78, 5) is 4.14. The van der Waals surface area contributed by atoms with Crippen molar-refractivity contribution in [1.82, 2.24) is 4.98 Å². The van der Waals surface area contributed by atoms with Crippen LogP contribution in [-0.2, 0) is 11.3 Å². The van der Waals surface area contributed by atoms with Gasteiger partial charge in [0, 0.05) is 13.2 Å². The topological polar surface area (TPSA) is 34.1 Å². The molecule has 1 heterocycles. The molecule has 0 saturated heterocycles. The van der Waals surface area contributed by atoms with E-state index in [0.717, 1.165) is 11.4 Å². The van der Waals surface area contributed by atoms with E-state index in [0.29, 0.717) is 6.61 Å². The Labute approximate surface area is 85.5 Å². The summed E-state index contributed by atoms with van der Waals surface area (Å²) in [5.41, 5.74) is 1.04. The molecule has 0 atom stereocenters. The number of hydrogen-bond acceptors (Lipinski definition) is 3. The van der Waals surface area contributed by atoms with Gasteiger partial charge in [0.25, 0.3) is 0 Å². The molecular weight excluding hydrogens is 176 g/mol. The molecule has 0 spiro atoms. The van der Waals surface area contributed by atoms with E-state index in [1.54, 1.807) is 6.20 Å². The van der Waals surface area contributed by atoms with Crippen molar-refractivity contribution in [2.45, 2.75) is 33.0 Å². The molecule has 0 fully saturated rings. The van der Waals surface area contributed by atoms with E-state index in [1.165, 1.54) is 0 Å². The fourth-order valence-corrected chi connectivity index (χ4v) is 1.00. The Bertz CT molecular complexity index is 292. The lowest BCUT2D eigenvalue weighted by Crippen LogP contribution is -2.18. The van der Waals surface area contributed by atoms with E-state index < -0.39 is 0 Å². The molecule has 0 aromatic carbocycles. The van der Waals surface area contributed by atoms with Crippen LogP contribution in [0.5, 0.6) is 0 Å². The van der Waals surface area contributed by atoms with Gasteiger partial charge < -0.3 is 10.1 Å². The van der Waals surface area contributed by atoms with Crippen LogP contribution in [0.4, 0.5) is 5.82 Å². The standard InChI is InChI=1S/C11H18N2O/c1-11(2,3)14-8-9-5-6-13-10(7-9)12-4/h5-7H,8H2,1-4H3,(H,12,13). The predicted octanol–water partition coefficient (Wildman–Crippen LogP) is 2.44. The van der Waals surface area contributed by atoms with Gasteiger partial charge in [-0.1, -0.05) is 0 Å². The van der Waals surface area contributed by atoms with Crippen LogP contribution in [0.25, 0.3) is 0 Å². The number of anilines is 1. The normalized spacial score (nSPS) is 11.4. The fraction of sp³-hybridized carbons (Fsp3) is 0.545. The van der Waals surface area contributed by atoms with Crippen LogP contribution in [0.2, 0.25) is 0 Å². The van der Waals surface area contributed by atoms with Crippen molar-refractivity contribution in [1.29, 1.82) is 0 Å². The maximum absolute atomic E-state index is 5.66. The third-order valence-corrected chi connectivity index (χ3v) is 1.75. The van der Waals surface area contributed by atoms with E-state index in [2.05, 4.69) is 10.3 Å². The molecule has 3 heteroatoms. The number of nitrogens with zero attached hydrogens (tertiary/aromatic N) is 1. The monoisotopic (exact) mass is 194 g/mol. The average Bonchev–Trinajstić information content (AvgIpc) is 2.14. The third kappa shape index (κ3) is 3.75. The van der Waals surface area contributed by atoms with E-state index in [-0.39, 0.29) is 5.60 Å². The first kappa shape index (κ1) is 11.0. The largest absolute Gasteiger partial charge is 0.373 e. The van der Waals surface area contributed by atoms with Crippen LogP contribution < -0.4 is 5.32 Å². The molecule has 1 rings (SSSR count). The smallest absolute Gasteiger partial charge is 0.125 e. The maximum Gasteiger partial charge on any atom is 0.125 e. The summed E-state index contributed by atoms with van der Waals surface area (Å²) in [6.07, 6.45) is 1.78. The average molecular weight is 194 g/mol. The van der Waals surface area contributed by atoms with Crippen LogP contribution in [0.3, 0.4) is 0 Å². The van der Waals surface area contributed by atoms with Gasteiger partial charge in [0.15, 0.2) is 0 Å². The van der Waals surface area contributed by atoms with Gasteiger partial charge in [0.1, 0.15) is 5.82 Å². The second-order valence-electron chi connectivity index (χ2n) is 4.20. The number of hydrogen-bond donors (Lipinski definition) is 1. The molecule has 0 aliphatic rings. The third-order valence-electron chi connectivity index (χ3n) is 1.75. The highest BCUT2D eigenvalue weighted by Crippen LogP contribution is 2.13. The van der Waals surface area contributed by atoms with Crippen molar-refractivity contribution in [2.24, 2.45) is 0 Å². The second-order valence-corrected chi connectivity index (χ2v) is 4.20. The molecule has 78 valence electrons. The molecule has 0 bridgehead atoms. The Morgan fingerprint density at radius 3 is 2.71 bits per heavy atom. The van der Waals surface area contributed by atoms with Gasteiger partial charge in [-0.15, -0.1) is 0 Å². The summed E-state index contributed by atoms with van der Waals surface area (Å²) in [6, 6.07) is 3.96. The van der Waals surface area contributed by atoms with Crippen LogP contribution in [0.15, 0.2) is 18.3 Å². The number of ether oxygens (including phenoxy) is 1. The van der Waals surface area contributed by atoms with Gasteiger partial charge in [0.2, 0.25) is 0 Å². The lowest BCUT2D eigenvalue weighted by Gasteiger charge is -2.19. The minimum Gasteiger partial charge on any atom is -0.373 e. The van der Waals surface area contributed by atoms with Crippen LogP contribution in [0.1, 0.15) is 26.3 Å². The molecular formula is C11H18N2O. The minimum atomic E-state index is -0.0942. The molecule has 0 amide bonds. The molecule has 1 aromatic heterocycles. The summed E-state index contributed by atoms with van der Waals surface area (Å²) in [5.74, 6) is 0.875. The van der Waals surface area contributed by atoms with Crippen molar-refractivity contribution in [3.63, 3.8) is 0 Å². The van der Waals surface area contributed by atoms with Gasteiger partial charge in [-0.2, -0.15) is 0 Å². The first-order chi connectivity index (χ1) is 6.51. The second kappa shape index (κ2) is 4.42. The Balaban J connectivity index is 2.59. The van der Waals surface area contributed by atoms with E-state index >= 15 is 0 Å². The fourth-order valence-electron chi connectivity index (χ4n) is 1.00. The summed E-state index contributed by atoms with van der Waals surface area (Å²) in [7, 11) is 1.86. The lowest BCUT2D eigenvalue weighted by atomic mass is 10.2. The van der Waals surface area contributed by atoms with Crippen molar-refractivity contribution < 1.29 is 4.74 Å². The maximum atomic E-state index is 5.66. The lowest BCUT2D eigenvalue weighted by molar-refractivity contribution is -0.0149. The van der Waals surface area contributed by atoms with Crippen molar-refractivity contribution >= 4 is 5.82 Å². The highest BCUT2D eigenvalue weighted by Gasteiger charge is 2.09. The highest BCUT2D eigenvalue weighted by molar-refractivity contribution is 5.36. The van der Waals surface area contributed by atoms with Crippen molar-refractivity contribution in [3.05, 3.63) is 23.9 Å². The molecule has 0 aliphatic heterocycles. The first-order valence-electron chi connectivity index (χ1n) is 4.78. The SMILES string of the molecule is CNc1cc(COC(C)(C)C)ccn1. The highest BCUT2D eigenvalue weighted by atomic mass is 16.5. The molecule has 3 nitrogen and oxygen atoms in total. The minimum absolute atomic E-state index is 0.0942. The predicted molar refractivity (Wildman–Crippen MR) is 58.3 cm³/mol. The molecule has 14 heavy (non-hydrogen) atoms. The molecule has 0 radical (unpaired) electrons. The Hall–Kier alpha value is -1.09. The zero-order valence-corrected chi connectivity index (χ0v) is 9.29. The van der Waals surface area contributed by atoms with Gasteiger partial charge in [-0.25, -0.2) is 4.98 Å². The van der Waals surface area contributed by atoms with Gasteiger partial charge in [-0.3, -0.25) is 0 Å². The number of pyridine rings is 1. The van der Waals surface area contributed by atoms with Gasteiger partial charge >= 0.3 is 0 Å². The van der Waals surface area contributed by atoms with Gasteiger partial charge in [0.05, 0.1) is 12.2 Å². The summed E-state index contributed by atoms with van der Waals surface area (Å²) >= 11 is 0. The van der Waals surface area contributed by atoms with Crippen molar-refractivity contribution in [2.75, 3.05) is 12.4 Å². The summed E-state index contributed by atoms with van der Waals surface area (Å²) < 4.78 is 5.66. The van der Waals surface area contributed by atoms with Crippen molar-refractivity contribution in [3.8, 4) is 0 Å². The molecule has 1 aromatic rings. The number of aromatic nitrogens is 1. The number of rotatable bonds is 3. The molecule has 0 aliphatic carbocycles. The van der Waals surface area contributed by atoms with Crippen LogP contribution >= 0.6 is 0 Å². The van der Waals surface area contributed by atoms with Crippen LogP contribution in [0, 0.1) is 0 Å².